The van der Waals surface area contributed by atoms with Gasteiger partial charge in [-0.25, -0.2) is 13.4 Å². The number of rotatable bonds is 4. The average molecular weight is 372 g/mol. The Morgan fingerprint density at radius 2 is 2.26 bits per heavy atom. The number of carbonyl (C=O) groups excluding carboxylic acids is 1. The van der Waals surface area contributed by atoms with Gasteiger partial charge in [0, 0.05) is 11.4 Å². The van der Waals surface area contributed by atoms with E-state index in [9.17, 15) is 13.2 Å². The van der Waals surface area contributed by atoms with Crippen molar-refractivity contribution in [2.75, 3.05) is 24.4 Å². The van der Waals surface area contributed by atoms with E-state index in [0.29, 0.717) is 24.5 Å². The van der Waals surface area contributed by atoms with Crippen LogP contribution in [-0.2, 0) is 14.8 Å². The van der Waals surface area contributed by atoms with Crippen LogP contribution in [-0.4, -0.2) is 48.7 Å². The van der Waals surface area contributed by atoms with Gasteiger partial charge in [-0.05, 0) is 31.2 Å². The number of para-hydroxylation sites is 1. The Bertz CT molecular complexity index is 847. The lowest BCUT2D eigenvalue weighted by Crippen LogP contribution is -2.42. The molecule has 1 aliphatic heterocycles. The second kappa shape index (κ2) is 6.39. The first kappa shape index (κ1) is 16.7. The molecule has 6 nitrogen and oxygen atoms in total. The summed E-state index contributed by atoms with van der Waals surface area (Å²) in [4.78, 5) is 18.0. The molecule has 1 N–H and O–H groups in total. The molecule has 1 fully saturated rings. The van der Waals surface area contributed by atoms with Crippen LogP contribution >= 0.6 is 23.1 Å². The van der Waals surface area contributed by atoms with Crippen LogP contribution in [0.2, 0.25) is 0 Å². The Morgan fingerprint density at radius 1 is 1.48 bits per heavy atom. The summed E-state index contributed by atoms with van der Waals surface area (Å²) in [5.74, 6) is -0.308. The highest BCUT2D eigenvalue weighted by atomic mass is 32.2. The SMILES string of the molecule is CSc1cccc2sc(NC(=O)[C@H]3CCCN3S(C)(=O)=O)nc12. The second-order valence-corrected chi connectivity index (χ2v) is 9.16. The van der Waals surface area contributed by atoms with Crippen molar-refractivity contribution in [3.05, 3.63) is 18.2 Å². The van der Waals surface area contributed by atoms with Crippen molar-refractivity contribution in [1.82, 2.24) is 9.29 Å². The molecule has 0 saturated carbocycles. The Kier molecular flexibility index (Phi) is 4.63. The molecule has 1 atom stereocenters. The molecule has 23 heavy (non-hydrogen) atoms. The van der Waals surface area contributed by atoms with E-state index in [2.05, 4.69) is 10.3 Å². The summed E-state index contributed by atoms with van der Waals surface area (Å²) in [5.41, 5.74) is 0.867. The first-order chi connectivity index (χ1) is 10.9. The van der Waals surface area contributed by atoms with E-state index in [1.165, 1.54) is 15.6 Å². The highest BCUT2D eigenvalue weighted by molar-refractivity contribution is 7.98. The van der Waals surface area contributed by atoms with Gasteiger partial charge in [-0.3, -0.25) is 4.79 Å². The lowest BCUT2D eigenvalue weighted by Gasteiger charge is -2.20. The number of amides is 1. The molecule has 2 heterocycles. The summed E-state index contributed by atoms with van der Waals surface area (Å²) in [6.45, 7) is 0.396. The first-order valence-corrected chi connectivity index (χ1v) is 11.0. The molecule has 9 heteroatoms. The molecule has 0 unspecified atom stereocenters. The quantitative estimate of drug-likeness (QED) is 0.835. The minimum atomic E-state index is -3.37. The van der Waals surface area contributed by atoms with E-state index in [0.717, 1.165) is 21.4 Å². The molecule has 0 bridgehead atoms. The van der Waals surface area contributed by atoms with Gasteiger partial charge in [0.15, 0.2) is 5.13 Å². The maximum absolute atomic E-state index is 12.4. The van der Waals surface area contributed by atoms with Crippen LogP contribution in [0.25, 0.3) is 10.2 Å². The fourth-order valence-electron chi connectivity index (χ4n) is 2.73. The molecule has 1 aromatic heterocycles. The zero-order valence-corrected chi connectivity index (χ0v) is 15.2. The predicted octanol–water partition coefficient (Wildman–Crippen LogP) is 2.38. The number of aromatic nitrogens is 1. The Hall–Kier alpha value is -1.16. The van der Waals surface area contributed by atoms with Gasteiger partial charge in [0.2, 0.25) is 15.9 Å². The van der Waals surface area contributed by atoms with E-state index in [-0.39, 0.29) is 5.91 Å². The third kappa shape index (κ3) is 3.37. The van der Waals surface area contributed by atoms with Gasteiger partial charge < -0.3 is 5.32 Å². The van der Waals surface area contributed by atoms with Gasteiger partial charge in [0.1, 0.15) is 6.04 Å². The van der Waals surface area contributed by atoms with Crippen molar-refractivity contribution in [3.8, 4) is 0 Å². The van der Waals surface area contributed by atoms with Gasteiger partial charge in [0.05, 0.1) is 16.5 Å². The van der Waals surface area contributed by atoms with Crippen molar-refractivity contribution >= 4 is 54.4 Å². The molecule has 1 aromatic carbocycles. The molecular weight excluding hydrogens is 354 g/mol. The maximum Gasteiger partial charge on any atom is 0.244 e. The number of nitrogens with zero attached hydrogens (tertiary/aromatic N) is 2. The number of fused-ring (bicyclic) bond motifs is 1. The number of hydrogen-bond acceptors (Lipinski definition) is 6. The first-order valence-electron chi connectivity index (χ1n) is 7.11. The minimum Gasteiger partial charge on any atom is -0.301 e. The standard InChI is InChI=1S/C14H17N3O3S3/c1-21-10-6-3-7-11-12(10)15-14(22-11)16-13(18)9-5-4-8-17(9)23(2,19)20/h3,6-7,9H,4-5,8H2,1-2H3,(H,15,16,18)/t9-/m1/s1. The largest absolute Gasteiger partial charge is 0.301 e. The lowest BCUT2D eigenvalue weighted by molar-refractivity contribution is -0.119. The number of anilines is 1. The molecular formula is C14H17N3O3S3. The van der Waals surface area contributed by atoms with Crippen LogP contribution in [0.4, 0.5) is 5.13 Å². The van der Waals surface area contributed by atoms with Crippen molar-refractivity contribution < 1.29 is 13.2 Å². The van der Waals surface area contributed by atoms with Crippen molar-refractivity contribution in [2.24, 2.45) is 0 Å². The summed E-state index contributed by atoms with van der Waals surface area (Å²) >= 11 is 3.00. The van der Waals surface area contributed by atoms with Crippen molar-refractivity contribution in [2.45, 2.75) is 23.8 Å². The van der Waals surface area contributed by atoms with Gasteiger partial charge in [-0.15, -0.1) is 11.8 Å². The summed E-state index contributed by atoms with van der Waals surface area (Å²) in [7, 11) is -3.37. The van der Waals surface area contributed by atoms with Gasteiger partial charge in [-0.1, -0.05) is 17.4 Å². The maximum atomic E-state index is 12.4. The zero-order valence-electron chi connectivity index (χ0n) is 12.8. The lowest BCUT2D eigenvalue weighted by atomic mass is 10.2. The Labute approximate surface area is 143 Å². The summed E-state index contributed by atoms with van der Waals surface area (Å²) in [6, 6.07) is 5.26. The number of benzene rings is 1. The third-order valence-corrected chi connectivity index (χ3v) is 6.76. The topological polar surface area (TPSA) is 79.4 Å². The molecule has 2 aromatic rings. The molecule has 0 spiro atoms. The predicted molar refractivity (Wildman–Crippen MR) is 94.6 cm³/mol. The Morgan fingerprint density at radius 3 is 2.96 bits per heavy atom. The molecule has 1 aliphatic rings. The third-order valence-electron chi connectivity index (χ3n) is 3.76. The Balaban J connectivity index is 1.83. The molecule has 124 valence electrons. The average Bonchev–Trinajstić information content (AvgIpc) is 3.12. The van der Waals surface area contributed by atoms with Crippen molar-refractivity contribution in [1.29, 1.82) is 0 Å². The highest BCUT2D eigenvalue weighted by Crippen LogP contribution is 2.32. The van der Waals surface area contributed by atoms with Crippen molar-refractivity contribution in [3.63, 3.8) is 0 Å². The van der Waals surface area contributed by atoms with Gasteiger partial charge in [0.25, 0.3) is 0 Å². The van der Waals surface area contributed by atoms with E-state index in [1.807, 2.05) is 24.5 Å². The summed E-state index contributed by atoms with van der Waals surface area (Å²) in [6.07, 6.45) is 4.36. The molecule has 0 radical (unpaired) electrons. The van der Waals surface area contributed by atoms with Crippen LogP contribution in [0, 0.1) is 0 Å². The molecule has 1 amide bonds. The van der Waals surface area contributed by atoms with E-state index in [1.54, 1.807) is 11.8 Å². The summed E-state index contributed by atoms with van der Waals surface area (Å²) < 4.78 is 25.8. The van der Waals surface area contributed by atoms with E-state index < -0.39 is 16.1 Å². The van der Waals surface area contributed by atoms with Crippen LogP contribution in [0.3, 0.4) is 0 Å². The smallest absolute Gasteiger partial charge is 0.244 e. The number of thioether (sulfide) groups is 1. The number of thiazole rings is 1. The van der Waals surface area contributed by atoms with E-state index in [4.69, 9.17) is 0 Å². The van der Waals surface area contributed by atoms with Crippen LogP contribution < -0.4 is 5.32 Å². The number of carbonyl (C=O) groups is 1. The second-order valence-electron chi connectivity index (χ2n) is 5.35. The normalized spacial score (nSPS) is 19.3. The number of nitrogens with one attached hydrogen (secondary N) is 1. The minimum absolute atomic E-state index is 0.308. The number of hydrogen-bond donors (Lipinski definition) is 1. The van der Waals surface area contributed by atoms with E-state index >= 15 is 0 Å². The fourth-order valence-corrected chi connectivity index (χ4v) is 5.38. The van der Waals surface area contributed by atoms with Gasteiger partial charge >= 0.3 is 0 Å². The summed E-state index contributed by atoms with van der Waals surface area (Å²) in [5, 5.41) is 3.29. The monoisotopic (exact) mass is 371 g/mol. The molecule has 0 aliphatic carbocycles. The molecule has 3 rings (SSSR count). The van der Waals surface area contributed by atoms with Gasteiger partial charge in [-0.2, -0.15) is 4.31 Å². The van der Waals surface area contributed by atoms with Crippen LogP contribution in [0.5, 0.6) is 0 Å². The van der Waals surface area contributed by atoms with Crippen LogP contribution in [0.15, 0.2) is 23.1 Å². The van der Waals surface area contributed by atoms with Crippen LogP contribution in [0.1, 0.15) is 12.8 Å². The fraction of sp³-hybridized carbons (Fsp3) is 0.429. The molecule has 1 saturated heterocycles. The highest BCUT2D eigenvalue weighted by Gasteiger charge is 2.36. The zero-order chi connectivity index (χ0) is 16.6. The number of sulfonamides is 1.